The van der Waals surface area contributed by atoms with E-state index in [9.17, 15) is 0 Å². The van der Waals surface area contributed by atoms with E-state index in [0.717, 1.165) is 48.5 Å². The highest BCUT2D eigenvalue weighted by Crippen LogP contribution is 2.34. The van der Waals surface area contributed by atoms with Crippen molar-refractivity contribution in [3.05, 3.63) is 47.1 Å². The third-order valence-corrected chi connectivity index (χ3v) is 6.38. The SMILES string of the molecule is Cc1sc2ncnc(N3CCN(c4nnnn4-c4ccccc4)CC3)c2c1C. The highest BCUT2D eigenvalue weighted by Gasteiger charge is 2.25. The van der Waals surface area contributed by atoms with Crippen LogP contribution in [0, 0.1) is 13.8 Å². The summed E-state index contributed by atoms with van der Waals surface area (Å²) in [5.41, 5.74) is 2.25. The average Bonchev–Trinajstić information content (AvgIpc) is 3.34. The second kappa shape index (κ2) is 6.83. The predicted octanol–water partition coefficient (Wildman–Crippen LogP) is 2.61. The van der Waals surface area contributed by atoms with Crippen molar-refractivity contribution < 1.29 is 0 Å². The molecule has 5 rings (SSSR count). The molecule has 0 atom stereocenters. The Morgan fingerprint density at radius 1 is 0.929 bits per heavy atom. The Hall–Kier alpha value is -3.07. The van der Waals surface area contributed by atoms with Gasteiger partial charge in [-0.1, -0.05) is 23.3 Å². The number of aryl methyl sites for hydroxylation is 2. The van der Waals surface area contributed by atoms with E-state index < -0.39 is 0 Å². The van der Waals surface area contributed by atoms with E-state index in [2.05, 4.69) is 49.1 Å². The highest BCUT2D eigenvalue weighted by atomic mass is 32.1. The van der Waals surface area contributed by atoms with Crippen molar-refractivity contribution in [2.24, 2.45) is 0 Å². The van der Waals surface area contributed by atoms with E-state index in [4.69, 9.17) is 0 Å². The van der Waals surface area contributed by atoms with Crippen molar-refractivity contribution in [2.45, 2.75) is 13.8 Å². The topological polar surface area (TPSA) is 75.9 Å². The molecular weight excluding hydrogens is 372 g/mol. The molecule has 8 nitrogen and oxygen atoms in total. The van der Waals surface area contributed by atoms with Crippen molar-refractivity contribution in [2.75, 3.05) is 36.0 Å². The van der Waals surface area contributed by atoms with Gasteiger partial charge in [0.15, 0.2) is 0 Å². The van der Waals surface area contributed by atoms with Crippen LogP contribution in [0.2, 0.25) is 0 Å². The molecule has 4 heterocycles. The summed E-state index contributed by atoms with van der Waals surface area (Å²) >= 11 is 1.74. The van der Waals surface area contributed by atoms with Gasteiger partial charge in [-0.25, -0.2) is 9.97 Å². The van der Waals surface area contributed by atoms with Crippen LogP contribution in [0.1, 0.15) is 10.4 Å². The van der Waals surface area contributed by atoms with E-state index >= 15 is 0 Å². The number of piperazine rings is 1. The van der Waals surface area contributed by atoms with Gasteiger partial charge in [0.1, 0.15) is 17.0 Å². The van der Waals surface area contributed by atoms with Gasteiger partial charge in [0, 0.05) is 31.1 Å². The summed E-state index contributed by atoms with van der Waals surface area (Å²) in [4.78, 5) is 16.0. The maximum Gasteiger partial charge on any atom is 0.250 e. The van der Waals surface area contributed by atoms with Gasteiger partial charge in [-0.15, -0.1) is 11.3 Å². The van der Waals surface area contributed by atoms with Crippen LogP contribution in [0.5, 0.6) is 0 Å². The summed E-state index contributed by atoms with van der Waals surface area (Å²) < 4.78 is 1.80. The second-order valence-corrected chi connectivity index (χ2v) is 8.06. The number of hydrogen-bond donors (Lipinski definition) is 0. The van der Waals surface area contributed by atoms with Crippen LogP contribution in [0.4, 0.5) is 11.8 Å². The van der Waals surface area contributed by atoms with Crippen LogP contribution < -0.4 is 9.80 Å². The monoisotopic (exact) mass is 392 g/mol. The lowest BCUT2D eigenvalue weighted by Gasteiger charge is -2.35. The van der Waals surface area contributed by atoms with Gasteiger partial charge in [-0.3, -0.25) is 0 Å². The maximum atomic E-state index is 4.62. The summed E-state index contributed by atoms with van der Waals surface area (Å²) in [5.74, 6) is 1.82. The van der Waals surface area contributed by atoms with Crippen molar-refractivity contribution in [1.82, 2.24) is 30.2 Å². The van der Waals surface area contributed by atoms with Gasteiger partial charge in [-0.05, 0) is 42.0 Å². The number of nitrogens with zero attached hydrogens (tertiary/aromatic N) is 8. The molecule has 1 fully saturated rings. The molecule has 1 aliphatic rings. The molecule has 0 N–H and O–H groups in total. The van der Waals surface area contributed by atoms with Gasteiger partial charge < -0.3 is 9.80 Å². The number of hydrogen-bond acceptors (Lipinski definition) is 8. The van der Waals surface area contributed by atoms with Gasteiger partial charge in [-0.2, -0.15) is 4.68 Å². The van der Waals surface area contributed by atoms with Crippen molar-refractivity contribution >= 4 is 33.3 Å². The normalized spacial score (nSPS) is 14.8. The first-order valence-corrected chi connectivity index (χ1v) is 10.1. The molecule has 0 radical (unpaired) electrons. The molecule has 1 saturated heterocycles. The molecule has 0 aliphatic carbocycles. The van der Waals surface area contributed by atoms with Crippen LogP contribution in [0.3, 0.4) is 0 Å². The molecule has 28 heavy (non-hydrogen) atoms. The minimum Gasteiger partial charge on any atom is -0.352 e. The number of fused-ring (bicyclic) bond motifs is 1. The number of thiophene rings is 1. The molecule has 9 heteroatoms. The number of aromatic nitrogens is 6. The Morgan fingerprint density at radius 2 is 1.68 bits per heavy atom. The average molecular weight is 392 g/mol. The minimum absolute atomic E-state index is 0.779. The second-order valence-electron chi connectivity index (χ2n) is 6.86. The Bertz CT molecular complexity index is 1110. The maximum absolute atomic E-state index is 4.62. The summed E-state index contributed by atoms with van der Waals surface area (Å²) in [6.07, 6.45) is 1.68. The highest BCUT2D eigenvalue weighted by molar-refractivity contribution is 7.18. The van der Waals surface area contributed by atoms with E-state index in [1.165, 1.54) is 15.8 Å². The van der Waals surface area contributed by atoms with Crippen LogP contribution in [-0.4, -0.2) is 56.4 Å². The lowest BCUT2D eigenvalue weighted by Crippen LogP contribution is -2.47. The zero-order valence-corrected chi connectivity index (χ0v) is 16.6. The first-order chi connectivity index (χ1) is 13.7. The number of anilines is 2. The third-order valence-electron chi connectivity index (χ3n) is 5.26. The quantitative estimate of drug-likeness (QED) is 0.530. The van der Waals surface area contributed by atoms with E-state index in [-0.39, 0.29) is 0 Å². The molecule has 4 aromatic rings. The minimum atomic E-state index is 0.779. The van der Waals surface area contributed by atoms with Gasteiger partial charge in [0.2, 0.25) is 5.95 Å². The predicted molar refractivity (Wildman–Crippen MR) is 110 cm³/mol. The molecule has 0 bridgehead atoms. The fourth-order valence-corrected chi connectivity index (χ4v) is 4.63. The first kappa shape index (κ1) is 17.1. The van der Waals surface area contributed by atoms with E-state index in [1.807, 2.05) is 30.3 Å². The van der Waals surface area contributed by atoms with Crippen molar-refractivity contribution in [3.8, 4) is 5.69 Å². The van der Waals surface area contributed by atoms with Crippen LogP contribution in [0.25, 0.3) is 15.9 Å². The molecule has 0 spiro atoms. The Kier molecular flexibility index (Phi) is 4.16. The van der Waals surface area contributed by atoms with Crippen LogP contribution >= 0.6 is 11.3 Å². The number of para-hydroxylation sites is 1. The van der Waals surface area contributed by atoms with Crippen LogP contribution in [-0.2, 0) is 0 Å². The Morgan fingerprint density at radius 3 is 2.46 bits per heavy atom. The molecule has 3 aromatic heterocycles. The molecule has 0 saturated carbocycles. The standard InChI is InChI=1S/C19H20N8S/c1-13-14(2)28-18-16(13)17(20-12-21-18)25-8-10-26(11-9-25)19-22-23-24-27(19)15-6-4-3-5-7-15/h3-7,12H,8-11H2,1-2H3. The van der Waals surface area contributed by atoms with Gasteiger partial charge >= 0.3 is 0 Å². The largest absolute Gasteiger partial charge is 0.352 e. The summed E-state index contributed by atoms with van der Waals surface area (Å²) in [6.45, 7) is 7.70. The van der Waals surface area contributed by atoms with Gasteiger partial charge in [0.05, 0.1) is 11.1 Å². The van der Waals surface area contributed by atoms with Crippen LogP contribution in [0.15, 0.2) is 36.7 Å². The summed E-state index contributed by atoms with van der Waals surface area (Å²) in [5, 5.41) is 13.5. The summed E-state index contributed by atoms with van der Waals surface area (Å²) in [7, 11) is 0. The molecule has 1 aromatic carbocycles. The zero-order chi connectivity index (χ0) is 19.1. The van der Waals surface area contributed by atoms with E-state index in [0.29, 0.717) is 0 Å². The van der Waals surface area contributed by atoms with Gasteiger partial charge in [0.25, 0.3) is 0 Å². The molecule has 1 aliphatic heterocycles. The fourth-order valence-electron chi connectivity index (χ4n) is 3.64. The smallest absolute Gasteiger partial charge is 0.250 e. The van der Waals surface area contributed by atoms with E-state index in [1.54, 1.807) is 22.3 Å². The third kappa shape index (κ3) is 2.78. The number of rotatable bonds is 3. The molecule has 0 unspecified atom stereocenters. The number of benzene rings is 1. The zero-order valence-electron chi connectivity index (χ0n) is 15.8. The van der Waals surface area contributed by atoms with Crippen molar-refractivity contribution in [1.29, 1.82) is 0 Å². The molecule has 142 valence electrons. The fraction of sp³-hybridized carbons (Fsp3) is 0.316. The molecule has 0 amide bonds. The lowest BCUT2D eigenvalue weighted by molar-refractivity contribution is 0.628. The lowest BCUT2D eigenvalue weighted by atomic mass is 10.2. The first-order valence-electron chi connectivity index (χ1n) is 9.27. The molecular formula is C19H20N8S. The Balaban J connectivity index is 1.39. The summed E-state index contributed by atoms with van der Waals surface area (Å²) in [6, 6.07) is 9.99. The number of tetrazole rings is 1. The Labute approximate surface area is 166 Å². The van der Waals surface area contributed by atoms with Crippen molar-refractivity contribution in [3.63, 3.8) is 0 Å².